The van der Waals surface area contributed by atoms with Crippen molar-refractivity contribution in [3.05, 3.63) is 101 Å². The van der Waals surface area contributed by atoms with Gasteiger partial charge in [0, 0.05) is 56.2 Å². The van der Waals surface area contributed by atoms with Gasteiger partial charge in [-0.2, -0.15) is 18.2 Å². The Bertz CT molecular complexity index is 2700. The number of rotatable bonds is 20. The molecular formula is C48H53F3N10O10. The topological polar surface area (TPSA) is 239 Å². The van der Waals surface area contributed by atoms with Crippen LogP contribution in [0.4, 0.5) is 35.2 Å². The number of aromatic nitrogens is 2. The molecule has 1 saturated carbocycles. The third kappa shape index (κ3) is 12.4. The smallest absolute Gasteiger partial charge is 0.413 e. The van der Waals surface area contributed by atoms with Gasteiger partial charge < -0.3 is 34.6 Å². The van der Waals surface area contributed by atoms with Crippen molar-refractivity contribution in [1.29, 1.82) is 0 Å². The summed E-state index contributed by atoms with van der Waals surface area (Å²) in [6.07, 6.45) is -0.126. The molecule has 6 amide bonds. The Kier molecular flexibility index (Phi) is 15.1. The number of carbonyl (C=O) groups is 6. The molecule has 2 fully saturated rings. The van der Waals surface area contributed by atoms with Crippen LogP contribution in [-0.2, 0) is 30.3 Å². The highest BCUT2D eigenvalue weighted by Gasteiger charge is 2.53. The maximum atomic E-state index is 15.0. The Morgan fingerprint density at radius 2 is 1.66 bits per heavy atom. The number of amides is 6. The molecule has 4 aromatic rings. The number of hydrazine groups is 1. The molecule has 0 spiro atoms. The Morgan fingerprint density at radius 3 is 2.39 bits per heavy atom. The van der Waals surface area contributed by atoms with Crippen LogP contribution in [-0.4, -0.2) is 125 Å². The molecule has 20 nitrogen and oxygen atoms in total. The lowest BCUT2D eigenvalue weighted by molar-refractivity contribution is -0.171. The van der Waals surface area contributed by atoms with E-state index in [0.717, 1.165) is 29.6 Å². The fourth-order valence-electron chi connectivity index (χ4n) is 8.16. The van der Waals surface area contributed by atoms with Crippen molar-refractivity contribution < 1.29 is 60.6 Å². The number of anilines is 3. The first kappa shape index (κ1) is 50.2. The second kappa shape index (κ2) is 21.4. The van der Waals surface area contributed by atoms with Crippen LogP contribution in [0.1, 0.15) is 83.2 Å². The minimum absolute atomic E-state index is 0.0271. The van der Waals surface area contributed by atoms with Gasteiger partial charge in [-0.15, -0.1) is 0 Å². The third-order valence-electron chi connectivity index (χ3n) is 11.5. The molecule has 0 radical (unpaired) electrons. The van der Waals surface area contributed by atoms with Crippen molar-refractivity contribution in [3.8, 4) is 11.5 Å². The summed E-state index contributed by atoms with van der Waals surface area (Å²) in [6, 6.07) is 11.7. The van der Waals surface area contributed by atoms with E-state index in [1.165, 1.54) is 40.6 Å². The largest absolute Gasteiger partial charge is 0.444 e. The van der Waals surface area contributed by atoms with Crippen molar-refractivity contribution >= 4 is 52.8 Å². The summed E-state index contributed by atoms with van der Waals surface area (Å²) < 4.78 is 67.0. The molecule has 2 aromatic heterocycles. The maximum Gasteiger partial charge on any atom is 0.413 e. The number of oxazole rings is 1. The average Bonchev–Trinajstić information content (AvgIpc) is 3.74. The van der Waals surface area contributed by atoms with Gasteiger partial charge in [-0.05, 0) is 87.9 Å². The SMILES string of the molecule is CC(C)(C)OC(=O)Nc1cc(-c2nc(C(=O)NC3=CN(c4cccc(CNCCOCCOCCNc5cccc6c5C(=O)N(C5CCC(=O)NC5=O)C6=O)c4)N(CC4CC4)C3C(F)(F)F)co2)ccn1. The van der Waals surface area contributed by atoms with Crippen LogP contribution in [0.25, 0.3) is 11.5 Å². The van der Waals surface area contributed by atoms with Gasteiger partial charge in [0.25, 0.3) is 17.7 Å². The number of hydrogen-bond acceptors (Lipinski definition) is 16. The second-order valence-electron chi connectivity index (χ2n) is 18.2. The van der Waals surface area contributed by atoms with E-state index in [2.05, 4.69) is 36.6 Å². The van der Waals surface area contributed by atoms with E-state index in [1.54, 1.807) is 51.1 Å². The molecule has 8 rings (SSSR count). The van der Waals surface area contributed by atoms with Gasteiger partial charge >= 0.3 is 12.3 Å². The first-order chi connectivity index (χ1) is 33.9. The van der Waals surface area contributed by atoms with Crippen LogP contribution in [0.2, 0.25) is 0 Å². The molecule has 1 aliphatic carbocycles. The Labute approximate surface area is 405 Å². The van der Waals surface area contributed by atoms with Gasteiger partial charge in [-0.25, -0.2) is 14.8 Å². The number of nitrogens with one attached hydrogen (secondary N) is 5. The van der Waals surface area contributed by atoms with Crippen LogP contribution in [0.5, 0.6) is 0 Å². The van der Waals surface area contributed by atoms with E-state index < -0.39 is 59.5 Å². The number of imide groups is 2. The number of benzene rings is 2. The van der Waals surface area contributed by atoms with Gasteiger partial charge in [0.05, 0.1) is 48.9 Å². The van der Waals surface area contributed by atoms with Gasteiger partial charge in [0.15, 0.2) is 11.7 Å². The zero-order valence-electron chi connectivity index (χ0n) is 39.1. The molecular weight excluding hydrogens is 934 g/mol. The molecule has 71 heavy (non-hydrogen) atoms. The lowest BCUT2D eigenvalue weighted by Gasteiger charge is -2.35. The maximum absolute atomic E-state index is 15.0. The number of carbonyl (C=O) groups excluding carboxylic acids is 6. The zero-order valence-corrected chi connectivity index (χ0v) is 39.1. The fourth-order valence-corrected chi connectivity index (χ4v) is 8.16. The zero-order chi connectivity index (χ0) is 50.5. The Balaban J connectivity index is 0.798. The van der Waals surface area contributed by atoms with E-state index in [0.29, 0.717) is 49.8 Å². The average molecular weight is 987 g/mol. The molecule has 5 heterocycles. The highest BCUT2D eigenvalue weighted by molar-refractivity contribution is 6.25. The minimum Gasteiger partial charge on any atom is -0.444 e. The molecule has 2 unspecified atom stereocenters. The number of hydrogen-bond donors (Lipinski definition) is 5. The molecule has 5 N–H and O–H groups in total. The number of piperidine rings is 1. The Morgan fingerprint density at radius 1 is 0.901 bits per heavy atom. The standard InChI is InChI=1S/C48H53F3N10O10/c1-47(2,3)71-46(67)57-37-23-30(14-15-54-37)43-56-35(27-70-43)41(63)55-34-26-59(60(25-28-10-11-28)40(34)48(49,50)51)31-7-4-6-29(22-31)24-52-16-18-68-20-21-69-19-17-53-33-9-5-8-32-39(33)45(66)61(44(32)65)36-12-13-38(62)58-42(36)64/h4-9,14-15,22-23,26-28,36,40,52-53H,10-13,16-21,24-25H2,1-3H3,(H,55,63)(H,54,57,67)(H,58,62,64). The van der Waals surface area contributed by atoms with Crippen molar-refractivity contribution in [2.24, 2.45) is 5.92 Å². The van der Waals surface area contributed by atoms with Gasteiger partial charge in [-0.3, -0.25) is 44.5 Å². The van der Waals surface area contributed by atoms with Crippen LogP contribution in [0.15, 0.2) is 83.4 Å². The number of halogens is 3. The normalized spacial score (nSPS) is 18.4. The van der Waals surface area contributed by atoms with Gasteiger partial charge in [-0.1, -0.05) is 18.2 Å². The summed E-state index contributed by atoms with van der Waals surface area (Å²) in [6.45, 7) is 7.58. The van der Waals surface area contributed by atoms with Crippen LogP contribution in [0, 0.1) is 5.92 Å². The number of alkyl halides is 3. The number of nitrogens with zero attached hydrogens (tertiary/aromatic N) is 5. The van der Waals surface area contributed by atoms with Crippen LogP contribution < -0.4 is 31.6 Å². The summed E-state index contributed by atoms with van der Waals surface area (Å²) in [4.78, 5) is 85.4. The molecule has 2 atom stereocenters. The van der Waals surface area contributed by atoms with E-state index in [9.17, 15) is 41.9 Å². The minimum atomic E-state index is -4.76. The molecule has 1 saturated heterocycles. The third-order valence-corrected chi connectivity index (χ3v) is 11.5. The quantitative estimate of drug-likeness (QED) is 0.0553. The van der Waals surface area contributed by atoms with Gasteiger partial charge in [0.1, 0.15) is 23.7 Å². The lowest BCUT2D eigenvalue weighted by atomic mass is 10.0. The summed E-state index contributed by atoms with van der Waals surface area (Å²) in [5.41, 5.74) is 0.975. The van der Waals surface area contributed by atoms with E-state index in [4.69, 9.17) is 18.6 Å². The van der Waals surface area contributed by atoms with Crippen LogP contribution in [0.3, 0.4) is 0 Å². The summed E-state index contributed by atoms with van der Waals surface area (Å²) in [7, 11) is 0. The van der Waals surface area contributed by atoms with Crippen molar-refractivity contribution in [1.82, 2.24) is 35.8 Å². The first-order valence-corrected chi connectivity index (χ1v) is 23.0. The highest BCUT2D eigenvalue weighted by Crippen LogP contribution is 2.41. The predicted molar refractivity (Wildman–Crippen MR) is 248 cm³/mol. The molecule has 0 bridgehead atoms. The summed E-state index contributed by atoms with van der Waals surface area (Å²) in [5, 5.41) is 16.2. The van der Waals surface area contributed by atoms with Gasteiger partial charge in [0.2, 0.25) is 17.7 Å². The molecule has 4 aliphatic rings. The second-order valence-corrected chi connectivity index (χ2v) is 18.2. The van der Waals surface area contributed by atoms with Crippen molar-refractivity contribution in [3.63, 3.8) is 0 Å². The lowest BCUT2D eigenvalue weighted by Crippen LogP contribution is -2.54. The van der Waals surface area contributed by atoms with E-state index in [-0.39, 0.29) is 72.7 Å². The predicted octanol–water partition coefficient (Wildman–Crippen LogP) is 5.37. The van der Waals surface area contributed by atoms with Crippen molar-refractivity contribution in [2.45, 2.75) is 76.9 Å². The first-order valence-electron chi connectivity index (χ1n) is 23.0. The molecule has 3 aliphatic heterocycles. The summed E-state index contributed by atoms with van der Waals surface area (Å²) >= 11 is 0. The Hall–Kier alpha value is -7.21. The fraction of sp³-hybridized carbons (Fsp3) is 0.417. The summed E-state index contributed by atoms with van der Waals surface area (Å²) in [5.74, 6) is -3.08. The monoisotopic (exact) mass is 986 g/mol. The van der Waals surface area contributed by atoms with Crippen LogP contribution >= 0.6 is 0 Å². The molecule has 23 heteroatoms. The van der Waals surface area contributed by atoms with Crippen molar-refractivity contribution in [2.75, 3.05) is 61.7 Å². The number of ether oxygens (including phenoxy) is 3. The molecule has 376 valence electrons. The van der Waals surface area contributed by atoms with E-state index in [1.807, 2.05) is 6.07 Å². The number of pyridine rings is 1. The highest BCUT2D eigenvalue weighted by atomic mass is 19.4. The van der Waals surface area contributed by atoms with E-state index >= 15 is 0 Å². The molecule has 2 aromatic carbocycles. The number of fused-ring (bicyclic) bond motifs is 1.